The summed E-state index contributed by atoms with van der Waals surface area (Å²) >= 11 is 1.75. The minimum absolute atomic E-state index is 0.678. The lowest BCUT2D eigenvalue weighted by Crippen LogP contribution is -2.27. The highest BCUT2D eigenvalue weighted by molar-refractivity contribution is 7.15. The molecular formula is C17H23N3S. The molecule has 0 aliphatic heterocycles. The van der Waals surface area contributed by atoms with Crippen LogP contribution < -0.4 is 5.32 Å². The molecule has 3 rings (SSSR count). The molecule has 0 saturated heterocycles. The van der Waals surface area contributed by atoms with Crippen molar-refractivity contribution in [3.05, 3.63) is 35.1 Å². The predicted octanol–water partition coefficient (Wildman–Crippen LogP) is 4.33. The van der Waals surface area contributed by atoms with Crippen LogP contribution in [0.25, 0.3) is 10.6 Å². The van der Waals surface area contributed by atoms with E-state index < -0.39 is 0 Å². The molecule has 1 aliphatic rings. The van der Waals surface area contributed by atoms with Crippen molar-refractivity contribution in [2.24, 2.45) is 0 Å². The molecule has 1 aliphatic carbocycles. The summed E-state index contributed by atoms with van der Waals surface area (Å²) in [6.07, 6.45) is 10.1. The summed E-state index contributed by atoms with van der Waals surface area (Å²) in [5.41, 5.74) is 2.09. The molecule has 2 aromatic rings. The molecule has 1 fully saturated rings. The van der Waals surface area contributed by atoms with Crippen molar-refractivity contribution < 1.29 is 0 Å². The van der Waals surface area contributed by atoms with Crippen LogP contribution in [0.2, 0.25) is 0 Å². The Morgan fingerprint density at radius 2 is 2.00 bits per heavy atom. The van der Waals surface area contributed by atoms with Gasteiger partial charge < -0.3 is 5.32 Å². The fourth-order valence-electron chi connectivity index (χ4n) is 2.91. The van der Waals surface area contributed by atoms with Crippen LogP contribution in [0, 0.1) is 6.92 Å². The highest BCUT2D eigenvalue weighted by atomic mass is 32.1. The molecule has 0 amide bonds. The van der Waals surface area contributed by atoms with E-state index in [1.165, 1.54) is 38.5 Å². The summed E-state index contributed by atoms with van der Waals surface area (Å²) in [6, 6.07) is 6.82. The highest BCUT2D eigenvalue weighted by Gasteiger charge is 2.12. The lowest BCUT2D eigenvalue weighted by atomic mass is 10.1. The molecular weight excluding hydrogens is 278 g/mol. The van der Waals surface area contributed by atoms with Crippen LogP contribution in [-0.4, -0.2) is 16.0 Å². The van der Waals surface area contributed by atoms with Crippen molar-refractivity contribution in [1.29, 1.82) is 0 Å². The third-order valence-corrected chi connectivity index (χ3v) is 5.11. The fourth-order valence-corrected chi connectivity index (χ4v) is 3.74. The number of thiazole rings is 1. The van der Waals surface area contributed by atoms with Crippen molar-refractivity contribution in [3.8, 4) is 10.6 Å². The summed E-state index contributed by atoms with van der Waals surface area (Å²) < 4.78 is 0. The average Bonchev–Trinajstić information content (AvgIpc) is 2.81. The Labute approximate surface area is 130 Å². The molecule has 0 bridgehead atoms. The molecule has 0 aromatic carbocycles. The number of nitrogens with zero attached hydrogens (tertiary/aromatic N) is 2. The number of aromatic nitrogens is 2. The molecule has 0 atom stereocenters. The van der Waals surface area contributed by atoms with Gasteiger partial charge in [0.2, 0.25) is 0 Å². The number of pyridine rings is 1. The average molecular weight is 301 g/mol. The van der Waals surface area contributed by atoms with Crippen LogP contribution in [0.1, 0.15) is 49.2 Å². The van der Waals surface area contributed by atoms with E-state index in [9.17, 15) is 0 Å². The first-order valence-corrected chi connectivity index (χ1v) is 8.75. The number of nitrogens with one attached hydrogen (secondary N) is 1. The third-order valence-electron chi connectivity index (χ3n) is 4.09. The SMILES string of the molecule is Cc1cccc(-c2cnc(CNC3CCCCCC3)s2)n1. The van der Waals surface area contributed by atoms with Crippen LogP contribution in [0.5, 0.6) is 0 Å². The molecule has 0 unspecified atom stereocenters. The van der Waals surface area contributed by atoms with Gasteiger partial charge in [-0.1, -0.05) is 31.7 Å². The van der Waals surface area contributed by atoms with E-state index in [4.69, 9.17) is 0 Å². The van der Waals surface area contributed by atoms with Crippen LogP contribution in [0.3, 0.4) is 0 Å². The summed E-state index contributed by atoms with van der Waals surface area (Å²) in [5, 5.41) is 4.85. The van der Waals surface area contributed by atoms with Crippen molar-refractivity contribution in [3.63, 3.8) is 0 Å². The Morgan fingerprint density at radius 1 is 1.19 bits per heavy atom. The van der Waals surface area contributed by atoms with Gasteiger partial charge >= 0.3 is 0 Å². The molecule has 2 aromatic heterocycles. The van der Waals surface area contributed by atoms with E-state index in [2.05, 4.69) is 27.4 Å². The Balaban J connectivity index is 1.60. The van der Waals surface area contributed by atoms with Gasteiger partial charge in [-0.3, -0.25) is 4.98 Å². The van der Waals surface area contributed by atoms with Gasteiger partial charge in [-0.15, -0.1) is 11.3 Å². The largest absolute Gasteiger partial charge is 0.308 e. The number of hydrogen-bond donors (Lipinski definition) is 1. The Kier molecular flexibility index (Phi) is 4.99. The molecule has 4 heteroatoms. The summed E-state index contributed by atoms with van der Waals surface area (Å²) in [5.74, 6) is 0. The topological polar surface area (TPSA) is 37.8 Å². The van der Waals surface area contributed by atoms with Gasteiger partial charge in [0.15, 0.2) is 0 Å². The molecule has 0 spiro atoms. The molecule has 21 heavy (non-hydrogen) atoms. The zero-order valence-electron chi connectivity index (χ0n) is 12.6. The van der Waals surface area contributed by atoms with E-state index in [0.29, 0.717) is 6.04 Å². The maximum absolute atomic E-state index is 4.57. The molecule has 112 valence electrons. The quantitative estimate of drug-likeness (QED) is 0.854. The van der Waals surface area contributed by atoms with Gasteiger partial charge in [0.05, 0.1) is 10.6 Å². The maximum Gasteiger partial charge on any atom is 0.107 e. The summed E-state index contributed by atoms with van der Waals surface area (Å²) in [4.78, 5) is 10.3. The van der Waals surface area contributed by atoms with Crippen LogP contribution in [-0.2, 0) is 6.54 Å². The fraction of sp³-hybridized carbons (Fsp3) is 0.529. The van der Waals surface area contributed by atoms with Crippen molar-refractivity contribution in [2.75, 3.05) is 0 Å². The smallest absolute Gasteiger partial charge is 0.107 e. The first-order chi connectivity index (χ1) is 10.3. The Morgan fingerprint density at radius 3 is 2.76 bits per heavy atom. The van der Waals surface area contributed by atoms with E-state index in [1.807, 2.05) is 19.2 Å². The molecule has 2 heterocycles. The van der Waals surface area contributed by atoms with Crippen molar-refractivity contribution >= 4 is 11.3 Å². The standard InChI is InChI=1S/C17H23N3S/c1-13-7-6-10-15(20-13)16-11-19-17(21-16)12-18-14-8-4-2-3-5-9-14/h6-7,10-11,14,18H,2-5,8-9,12H2,1H3. The number of rotatable bonds is 4. The predicted molar refractivity (Wildman–Crippen MR) is 88.4 cm³/mol. The molecule has 0 radical (unpaired) electrons. The van der Waals surface area contributed by atoms with E-state index in [1.54, 1.807) is 11.3 Å². The highest BCUT2D eigenvalue weighted by Crippen LogP contribution is 2.25. The number of hydrogen-bond acceptors (Lipinski definition) is 4. The van der Waals surface area contributed by atoms with Gasteiger partial charge in [0.25, 0.3) is 0 Å². The van der Waals surface area contributed by atoms with Crippen molar-refractivity contribution in [2.45, 2.75) is 58.0 Å². The Bertz CT molecular complexity index is 571. The number of aryl methyl sites for hydroxylation is 1. The van der Waals surface area contributed by atoms with Gasteiger partial charge in [-0.05, 0) is 31.9 Å². The van der Waals surface area contributed by atoms with Gasteiger partial charge in [0.1, 0.15) is 5.01 Å². The van der Waals surface area contributed by atoms with Crippen LogP contribution in [0.15, 0.2) is 24.4 Å². The summed E-state index contributed by atoms with van der Waals surface area (Å²) in [7, 11) is 0. The second-order valence-corrected chi connectivity index (χ2v) is 6.97. The lowest BCUT2D eigenvalue weighted by molar-refractivity contribution is 0.458. The second kappa shape index (κ2) is 7.14. The van der Waals surface area contributed by atoms with Crippen LogP contribution >= 0.6 is 11.3 Å². The monoisotopic (exact) mass is 301 g/mol. The first kappa shape index (κ1) is 14.7. The normalized spacial score (nSPS) is 16.8. The minimum atomic E-state index is 0.678. The third kappa shape index (κ3) is 4.11. The van der Waals surface area contributed by atoms with Gasteiger partial charge in [-0.25, -0.2) is 4.98 Å². The molecule has 1 N–H and O–H groups in total. The van der Waals surface area contributed by atoms with Gasteiger partial charge in [0, 0.05) is 24.5 Å². The lowest BCUT2D eigenvalue weighted by Gasteiger charge is -2.14. The molecule has 3 nitrogen and oxygen atoms in total. The zero-order chi connectivity index (χ0) is 14.5. The van der Waals surface area contributed by atoms with E-state index in [-0.39, 0.29) is 0 Å². The van der Waals surface area contributed by atoms with Crippen molar-refractivity contribution in [1.82, 2.24) is 15.3 Å². The minimum Gasteiger partial charge on any atom is -0.308 e. The maximum atomic E-state index is 4.57. The Hall–Kier alpha value is -1.26. The van der Waals surface area contributed by atoms with Crippen LogP contribution in [0.4, 0.5) is 0 Å². The van der Waals surface area contributed by atoms with E-state index in [0.717, 1.165) is 27.8 Å². The molecule has 1 saturated carbocycles. The zero-order valence-corrected chi connectivity index (χ0v) is 13.5. The van der Waals surface area contributed by atoms with Gasteiger partial charge in [-0.2, -0.15) is 0 Å². The van der Waals surface area contributed by atoms with E-state index >= 15 is 0 Å². The second-order valence-electron chi connectivity index (χ2n) is 5.85. The summed E-state index contributed by atoms with van der Waals surface area (Å²) in [6.45, 7) is 2.92. The first-order valence-electron chi connectivity index (χ1n) is 7.93.